The van der Waals surface area contributed by atoms with E-state index in [1.54, 1.807) is 0 Å². The van der Waals surface area contributed by atoms with Gasteiger partial charge in [0.1, 0.15) is 11.6 Å². The van der Waals surface area contributed by atoms with Crippen LogP contribution in [-0.2, 0) is 0 Å². The molecule has 0 radical (unpaired) electrons. The van der Waals surface area contributed by atoms with Crippen LogP contribution in [0.3, 0.4) is 0 Å². The van der Waals surface area contributed by atoms with Crippen molar-refractivity contribution < 1.29 is 9.13 Å². The number of ether oxygens (including phenoxy) is 1. The molecule has 0 fully saturated rings. The summed E-state index contributed by atoms with van der Waals surface area (Å²) in [5.74, 6) is 0.377. The van der Waals surface area contributed by atoms with Gasteiger partial charge in [-0.2, -0.15) is 10.2 Å². The van der Waals surface area contributed by atoms with E-state index >= 15 is 0 Å². The third-order valence-electron chi connectivity index (χ3n) is 2.53. The third-order valence-corrected chi connectivity index (χ3v) is 2.53. The quantitative estimate of drug-likeness (QED) is 0.928. The highest BCUT2D eigenvalue weighted by Gasteiger charge is 2.11. The molecule has 1 aromatic heterocycles. The summed E-state index contributed by atoms with van der Waals surface area (Å²) in [5, 5.41) is 8.68. The van der Waals surface area contributed by atoms with Crippen molar-refractivity contribution in [2.24, 2.45) is 0 Å². The van der Waals surface area contributed by atoms with Gasteiger partial charge < -0.3 is 10.5 Å². The summed E-state index contributed by atoms with van der Waals surface area (Å²) < 4.78 is 19.1. The molecule has 0 saturated carbocycles. The molecule has 0 unspecified atom stereocenters. The number of anilines is 1. The van der Waals surface area contributed by atoms with Gasteiger partial charge in [-0.15, -0.1) is 0 Å². The highest BCUT2D eigenvalue weighted by atomic mass is 19.1. The van der Waals surface area contributed by atoms with Crippen molar-refractivity contribution in [3.8, 4) is 17.7 Å². The predicted molar refractivity (Wildman–Crippen MR) is 71.7 cm³/mol. The summed E-state index contributed by atoms with van der Waals surface area (Å²) in [6.45, 7) is 3.84. The molecule has 1 aromatic carbocycles. The van der Waals surface area contributed by atoms with Crippen molar-refractivity contribution in [2.45, 2.75) is 19.8 Å². The van der Waals surface area contributed by atoms with Crippen LogP contribution in [0.1, 0.15) is 31.2 Å². The number of aromatic nitrogens is 2. The molecule has 0 saturated heterocycles. The first kappa shape index (κ1) is 13.7. The first-order valence-electron chi connectivity index (χ1n) is 6.01. The van der Waals surface area contributed by atoms with Gasteiger partial charge in [0.05, 0.1) is 11.6 Å². The fourth-order valence-corrected chi connectivity index (χ4v) is 1.54. The lowest BCUT2D eigenvalue weighted by molar-refractivity contribution is 0.423. The molecule has 2 aromatic rings. The van der Waals surface area contributed by atoms with E-state index in [4.69, 9.17) is 15.7 Å². The standard InChI is InChI=1S/C14H13FN4O/c1-8(2)14-18-12(17)6-13(19-14)20-11-4-3-9(7-16)5-10(11)15/h3-6,8H,1-2H3,(H2,17,18,19). The van der Waals surface area contributed by atoms with Gasteiger partial charge in [-0.25, -0.2) is 9.37 Å². The average molecular weight is 272 g/mol. The smallest absolute Gasteiger partial charge is 0.224 e. The van der Waals surface area contributed by atoms with E-state index in [2.05, 4.69) is 9.97 Å². The molecule has 102 valence electrons. The molecule has 6 heteroatoms. The molecule has 0 aliphatic carbocycles. The lowest BCUT2D eigenvalue weighted by atomic mass is 10.2. The highest BCUT2D eigenvalue weighted by molar-refractivity contribution is 5.39. The van der Waals surface area contributed by atoms with Crippen LogP contribution < -0.4 is 10.5 Å². The Morgan fingerprint density at radius 1 is 1.30 bits per heavy atom. The fourth-order valence-electron chi connectivity index (χ4n) is 1.54. The molecular formula is C14H13FN4O. The van der Waals surface area contributed by atoms with E-state index in [1.165, 1.54) is 18.2 Å². The maximum atomic E-state index is 13.7. The SMILES string of the molecule is CC(C)c1nc(N)cc(Oc2ccc(C#N)cc2F)n1. The van der Waals surface area contributed by atoms with E-state index < -0.39 is 5.82 Å². The minimum atomic E-state index is -0.632. The van der Waals surface area contributed by atoms with E-state index in [0.717, 1.165) is 6.07 Å². The number of halogens is 1. The Kier molecular flexibility index (Phi) is 3.80. The van der Waals surface area contributed by atoms with E-state index in [0.29, 0.717) is 5.82 Å². The van der Waals surface area contributed by atoms with Gasteiger partial charge in [-0.3, -0.25) is 0 Å². The minimum Gasteiger partial charge on any atom is -0.436 e. The second-order valence-corrected chi connectivity index (χ2v) is 4.50. The summed E-state index contributed by atoms with van der Waals surface area (Å²) in [6.07, 6.45) is 0. The Balaban J connectivity index is 2.33. The van der Waals surface area contributed by atoms with Gasteiger partial charge >= 0.3 is 0 Å². The molecule has 2 rings (SSSR count). The van der Waals surface area contributed by atoms with Crippen LogP contribution in [0.25, 0.3) is 0 Å². The number of nitrogen functional groups attached to an aromatic ring is 1. The molecule has 1 heterocycles. The van der Waals surface area contributed by atoms with Crippen LogP contribution in [0.5, 0.6) is 11.6 Å². The van der Waals surface area contributed by atoms with Gasteiger partial charge in [0.2, 0.25) is 5.88 Å². The lowest BCUT2D eigenvalue weighted by Gasteiger charge is -2.09. The number of nitrogens with zero attached hydrogens (tertiary/aromatic N) is 3. The minimum absolute atomic E-state index is 0.0168. The van der Waals surface area contributed by atoms with Crippen LogP contribution >= 0.6 is 0 Å². The highest BCUT2D eigenvalue weighted by Crippen LogP contribution is 2.25. The molecule has 2 N–H and O–H groups in total. The Labute approximate surface area is 115 Å². The normalized spacial score (nSPS) is 10.3. The van der Waals surface area contributed by atoms with Crippen LogP contribution in [0.2, 0.25) is 0 Å². The van der Waals surface area contributed by atoms with Crippen LogP contribution in [-0.4, -0.2) is 9.97 Å². The Bertz CT molecular complexity index is 679. The first-order chi connectivity index (χ1) is 9.49. The Hall–Kier alpha value is -2.68. The molecule has 0 atom stereocenters. The summed E-state index contributed by atoms with van der Waals surface area (Å²) in [6, 6.07) is 7.21. The van der Waals surface area contributed by atoms with Crippen molar-refractivity contribution >= 4 is 5.82 Å². The molecule has 0 amide bonds. The van der Waals surface area contributed by atoms with Crippen molar-refractivity contribution in [1.82, 2.24) is 9.97 Å². The second kappa shape index (κ2) is 5.53. The fraction of sp³-hybridized carbons (Fsp3) is 0.214. The third kappa shape index (κ3) is 3.01. The van der Waals surface area contributed by atoms with Gasteiger partial charge in [-0.1, -0.05) is 13.8 Å². The molecule has 20 heavy (non-hydrogen) atoms. The Morgan fingerprint density at radius 3 is 2.65 bits per heavy atom. The largest absolute Gasteiger partial charge is 0.436 e. The summed E-state index contributed by atoms with van der Waals surface area (Å²) in [7, 11) is 0. The van der Waals surface area contributed by atoms with Crippen LogP contribution in [0.15, 0.2) is 24.3 Å². The second-order valence-electron chi connectivity index (χ2n) is 4.50. The van der Waals surface area contributed by atoms with E-state index in [1.807, 2.05) is 19.9 Å². The first-order valence-corrected chi connectivity index (χ1v) is 6.01. The van der Waals surface area contributed by atoms with Gasteiger partial charge in [0.15, 0.2) is 11.6 Å². The molecule has 5 nitrogen and oxygen atoms in total. The number of hydrogen-bond donors (Lipinski definition) is 1. The molecule has 0 aliphatic heterocycles. The van der Waals surface area contributed by atoms with Crippen molar-refractivity contribution in [1.29, 1.82) is 5.26 Å². The number of rotatable bonds is 3. The molecule has 0 spiro atoms. The number of nitrogens with two attached hydrogens (primary N) is 1. The predicted octanol–water partition coefficient (Wildman–Crippen LogP) is 2.99. The molecular weight excluding hydrogens is 259 g/mol. The van der Waals surface area contributed by atoms with E-state index in [9.17, 15) is 4.39 Å². The molecule has 0 aliphatic rings. The summed E-state index contributed by atoms with van der Waals surface area (Å²) in [4.78, 5) is 8.24. The molecule has 0 bridgehead atoms. The zero-order valence-corrected chi connectivity index (χ0v) is 11.1. The average Bonchev–Trinajstić information content (AvgIpc) is 2.40. The zero-order valence-electron chi connectivity index (χ0n) is 11.1. The van der Waals surface area contributed by atoms with Crippen LogP contribution in [0.4, 0.5) is 10.2 Å². The van der Waals surface area contributed by atoms with Crippen molar-refractivity contribution in [3.05, 3.63) is 41.5 Å². The summed E-state index contributed by atoms with van der Waals surface area (Å²) in [5.41, 5.74) is 5.89. The maximum Gasteiger partial charge on any atom is 0.224 e. The van der Waals surface area contributed by atoms with Gasteiger partial charge in [0.25, 0.3) is 0 Å². The van der Waals surface area contributed by atoms with Gasteiger partial charge in [-0.05, 0) is 18.2 Å². The number of nitriles is 1. The van der Waals surface area contributed by atoms with Gasteiger partial charge in [0, 0.05) is 12.0 Å². The summed E-state index contributed by atoms with van der Waals surface area (Å²) >= 11 is 0. The number of benzene rings is 1. The van der Waals surface area contributed by atoms with Crippen LogP contribution in [0, 0.1) is 17.1 Å². The maximum absolute atomic E-state index is 13.7. The monoisotopic (exact) mass is 272 g/mol. The van der Waals surface area contributed by atoms with E-state index in [-0.39, 0.29) is 28.9 Å². The zero-order chi connectivity index (χ0) is 14.7. The number of hydrogen-bond acceptors (Lipinski definition) is 5. The van der Waals surface area contributed by atoms with Crippen molar-refractivity contribution in [2.75, 3.05) is 5.73 Å². The van der Waals surface area contributed by atoms with Crippen molar-refractivity contribution in [3.63, 3.8) is 0 Å². The lowest BCUT2D eigenvalue weighted by Crippen LogP contribution is -2.03. The Morgan fingerprint density at radius 2 is 2.05 bits per heavy atom. The topological polar surface area (TPSA) is 84.8 Å².